The zero-order chi connectivity index (χ0) is 25.3. The lowest BCUT2D eigenvalue weighted by molar-refractivity contribution is 0.101. The summed E-state index contributed by atoms with van der Waals surface area (Å²) in [6.45, 7) is 8.92. The summed E-state index contributed by atoms with van der Waals surface area (Å²) in [4.78, 5) is 20.8. The molecule has 0 saturated carbocycles. The van der Waals surface area contributed by atoms with E-state index in [1.807, 2.05) is 25.1 Å². The molecule has 0 aliphatic heterocycles. The Morgan fingerprint density at radius 2 is 1.74 bits per heavy atom. The standard InChI is InChI=1S/C27H32F2N4O/c1-7-9-20-15-21(10-11-23(20)19(5)34)33-27(31-14-8-2)18(4)32-16-17(3)22-12-13-24(30-6)26(29)25(22)28/h8,10-16,30H,7,9H2,1-6H3,(H,31,33)/b14-8-,17-16+,32-18?. The van der Waals surface area contributed by atoms with Crippen LogP contribution in [0.15, 0.2) is 58.8 Å². The van der Waals surface area contributed by atoms with E-state index < -0.39 is 11.6 Å². The molecule has 2 aromatic carbocycles. The fraction of sp³-hybridized carbons (Fsp3) is 0.296. The number of carbonyl (C=O) groups excluding carboxylic acids is 1. The molecule has 2 N–H and O–H groups in total. The van der Waals surface area contributed by atoms with Gasteiger partial charge in [-0.15, -0.1) is 0 Å². The van der Waals surface area contributed by atoms with Crippen molar-refractivity contribution in [1.29, 1.82) is 0 Å². The molecule has 0 aliphatic rings. The lowest BCUT2D eigenvalue weighted by atomic mass is 9.99. The number of halogens is 2. The van der Waals surface area contributed by atoms with Gasteiger partial charge in [-0.1, -0.05) is 19.4 Å². The van der Waals surface area contributed by atoms with Gasteiger partial charge < -0.3 is 10.6 Å². The highest BCUT2D eigenvalue weighted by molar-refractivity contribution is 6.45. The lowest BCUT2D eigenvalue weighted by Gasteiger charge is -2.13. The number of anilines is 2. The number of carbonyl (C=O) groups is 1. The maximum atomic E-state index is 14.5. The molecule has 0 spiro atoms. The summed E-state index contributed by atoms with van der Waals surface area (Å²) in [5.41, 5.74) is 3.72. The fourth-order valence-corrected chi connectivity index (χ4v) is 3.36. The summed E-state index contributed by atoms with van der Waals surface area (Å²) < 4.78 is 28.6. The van der Waals surface area contributed by atoms with Crippen LogP contribution in [0.4, 0.5) is 20.2 Å². The quantitative estimate of drug-likeness (QED) is 0.237. The highest BCUT2D eigenvalue weighted by Gasteiger charge is 2.14. The van der Waals surface area contributed by atoms with Crippen LogP contribution in [0.1, 0.15) is 62.5 Å². The maximum absolute atomic E-state index is 14.5. The Bertz CT molecular complexity index is 1160. The molecule has 0 radical (unpaired) electrons. The second-order valence-corrected chi connectivity index (χ2v) is 7.83. The van der Waals surface area contributed by atoms with Crippen LogP contribution in [-0.2, 0) is 6.42 Å². The summed E-state index contributed by atoms with van der Waals surface area (Å²) in [6.07, 6.45) is 6.62. The minimum Gasteiger partial charge on any atom is -0.386 e. The summed E-state index contributed by atoms with van der Waals surface area (Å²) in [7, 11) is 1.53. The molecule has 0 fully saturated rings. The minimum absolute atomic E-state index is 0.0302. The second kappa shape index (κ2) is 12.6. The lowest BCUT2D eigenvalue weighted by Crippen LogP contribution is -2.20. The summed E-state index contributed by atoms with van der Waals surface area (Å²) in [5, 5.41) is 5.88. The maximum Gasteiger partial charge on any atom is 0.182 e. The molecule has 7 heteroatoms. The van der Waals surface area contributed by atoms with E-state index in [2.05, 4.69) is 27.5 Å². The van der Waals surface area contributed by atoms with Crippen molar-refractivity contribution in [3.8, 4) is 0 Å². The van der Waals surface area contributed by atoms with Crippen molar-refractivity contribution in [2.75, 3.05) is 17.7 Å². The monoisotopic (exact) mass is 466 g/mol. The van der Waals surface area contributed by atoms with E-state index >= 15 is 0 Å². The molecule has 0 aliphatic carbocycles. The van der Waals surface area contributed by atoms with Gasteiger partial charge in [-0.3, -0.25) is 9.79 Å². The van der Waals surface area contributed by atoms with Crippen molar-refractivity contribution in [2.24, 2.45) is 9.98 Å². The van der Waals surface area contributed by atoms with E-state index in [1.54, 1.807) is 33.0 Å². The first-order chi connectivity index (χ1) is 16.2. The Hall–Kier alpha value is -3.61. The van der Waals surface area contributed by atoms with Gasteiger partial charge in [0.25, 0.3) is 0 Å². The molecule has 0 heterocycles. The van der Waals surface area contributed by atoms with Gasteiger partial charge in [-0.25, -0.2) is 13.8 Å². The molecule has 0 saturated heterocycles. The predicted octanol–water partition coefficient (Wildman–Crippen LogP) is 7.03. The molecule has 34 heavy (non-hydrogen) atoms. The highest BCUT2D eigenvalue weighted by Crippen LogP contribution is 2.25. The van der Waals surface area contributed by atoms with Crippen LogP contribution in [-0.4, -0.2) is 24.4 Å². The van der Waals surface area contributed by atoms with E-state index in [-0.39, 0.29) is 17.0 Å². The van der Waals surface area contributed by atoms with Crippen molar-refractivity contribution >= 4 is 34.3 Å². The molecule has 2 aromatic rings. The van der Waals surface area contributed by atoms with Gasteiger partial charge in [0, 0.05) is 36.3 Å². The first-order valence-corrected chi connectivity index (χ1v) is 11.2. The first kappa shape index (κ1) is 26.6. The highest BCUT2D eigenvalue weighted by atomic mass is 19.2. The minimum atomic E-state index is -0.928. The molecule has 2 rings (SSSR count). The van der Waals surface area contributed by atoms with Crippen LogP contribution >= 0.6 is 0 Å². The number of nitrogens with zero attached hydrogens (tertiary/aromatic N) is 2. The van der Waals surface area contributed by atoms with Gasteiger partial charge in [0.1, 0.15) is 0 Å². The Balaban J connectivity index is 2.38. The number of hydrogen-bond donors (Lipinski definition) is 2. The number of aryl methyl sites for hydroxylation is 1. The van der Waals surface area contributed by atoms with Crippen LogP contribution in [0.3, 0.4) is 0 Å². The Morgan fingerprint density at radius 3 is 2.35 bits per heavy atom. The van der Waals surface area contributed by atoms with Gasteiger partial charge in [0.15, 0.2) is 23.3 Å². The number of benzene rings is 2. The predicted molar refractivity (Wildman–Crippen MR) is 139 cm³/mol. The molecule has 180 valence electrons. The third-order valence-corrected chi connectivity index (χ3v) is 5.19. The summed E-state index contributed by atoms with van der Waals surface area (Å²) in [5.74, 6) is -1.33. The first-order valence-electron chi connectivity index (χ1n) is 11.2. The Kier molecular flexibility index (Phi) is 9.86. The van der Waals surface area contributed by atoms with Crippen molar-refractivity contribution in [3.05, 3.63) is 77.1 Å². The number of rotatable bonds is 9. The van der Waals surface area contributed by atoms with E-state index in [4.69, 9.17) is 0 Å². The zero-order valence-electron chi connectivity index (χ0n) is 20.6. The number of allylic oxidation sites excluding steroid dienone is 2. The van der Waals surface area contributed by atoms with Gasteiger partial charge >= 0.3 is 0 Å². The molecule has 0 aromatic heterocycles. The van der Waals surface area contributed by atoms with Gasteiger partial charge in [0.2, 0.25) is 0 Å². The zero-order valence-corrected chi connectivity index (χ0v) is 20.6. The van der Waals surface area contributed by atoms with Crippen LogP contribution in [0.5, 0.6) is 0 Å². The SMILES string of the molecule is C/C=C\N=C(Nc1ccc(C(C)=O)c(CCC)c1)C(C)=N/C=C(\C)c1ccc(NC)c(F)c1F. The van der Waals surface area contributed by atoms with Gasteiger partial charge in [-0.2, -0.15) is 0 Å². The smallest absolute Gasteiger partial charge is 0.182 e. The van der Waals surface area contributed by atoms with Crippen LogP contribution in [0.2, 0.25) is 0 Å². The van der Waals surface area contributed by atoms with Gasteiger partial charge in [0.05, 0.1) is 11.4 Å². The van der Waals surface area contributed by atoms with E-state index in [0.717, 1.165) is 24.1 Å². The van der Waals surface area contributed by atoms with Crippen molar-refractivity contribution in [2.45, 2.75) is 47.5 Å². The summed E-state index contributed by atoms with van der Waals surface area (Å²) >= 11 is 0. The number of Topliss-reactive ketones (excluding diaryl/α,β-unsaturated/α-hetero) is 1. The fourth-order valence-electron chi connectivity index (χ4n) is 3.36. The third-order valence-electron chi connectivity index (χ3n) is 5.19. The van der Waals surface area contributed by atoms with Crippen molar-refractivity contribution in [1.82, 2.24) is 0 Å². The van der Waals surface area contributed by atoms with Crippen LogP contribution in [0.25, 0.3) is 5.57 Å². The number of amidine groups is 1. The number of nitrogens with one attached hydrogen (secondary N) is 2. The molecule has 0 unspecified atom stereocenters. The Labute approximate surface area is 200 Å². The van der Waals surface area contributed by atoms with E-state index in [0.29, 0.717) is 22.7 Å². The topological polar surface area (TPSA) is 65.8 Å². The van der Waals surface area contributed by atoms with E-state index in [1.165, 1.54) is 25.4 Å². The van der Waals surface area contributed by atoms with Crippen molar-refractivity contribution < 1.29 is 13.6 Å². The summed E-state index contributed by atoms with van der Waals surface area (Å²) in [6, 6.07) is 8.59. The number of ketones is 1. The largest absolute Gasteiger partial charge is 0.386 e. The van der Waals surface area contributed by atoms with Crippen LogP contribution < -0.4 is 10.6 Å². The normalized spacial score (nSPS) is 12.9. The average molecular weight is 467 g/mol. The third kappa shape index (κ3) is 6.70. The average Bonchev–Trinajstić information content (AvgIpc) is 2.81. The van der Waals surface area contributed by atoms with Crippen LogP contribution in [0, 0.1) is 11.6 Å². The number of hydrogen-bond acceptors (Lipinski definition) is 4. The molecular weight excluding hydrogens is 434 g/mol. The number of aliphatic imine (C=N–C) groups is 2. The van der Waals surface area contributed by atoms with Gasteiger partial charge in [-0.05, 0) is 75.6 Å². The molecule has 0 bridgehead atoms. The molecule has 0 atom stereocenters. The molecular formula is C27H32F2N4O. The second-order valence-electron chi connectivity index (χ2n) is 7.83. The molecule has 5 nitrogen and oxygen atoms in total. The Morgan fingerprint density at radius 1 is 1.03 bits per heavy atom. The van der Waals surface area contributed by atoms with Crippen molar-refractivity contribution in [3.63, 3.8) is 0 Å². The molecule has 0 amide bonds. The van der Waals surface area contributed by atoms with E-state index in [9.17, 15) is 13.6 Å².